The Kier molecular flexibility index (Phi) is 0.750. The highest BCUT2D eigenvalue weighted by Gasteiger charge is 1.67. The average Bonchev–Trinajstić information content (AvgIpc) is 0.722. The van der Waals surface area contributed by atoms with Gasteiger partial charge in [0, 0.05) is 0 Å². The molecule has 0 aromatic heterocycles. The third-order valence-corrected chi connectivity index (χ3v) is 12.0. The van der Waals surface area contributed by atoms with Crippen LogP contribution in [0.25, 0.3) is 0 Å². The molecule has 4 heavy (non-hydrogen) atoms. The Morgan fingerprint density at radius 3 is 1.75 bits per heavy atom. The van der Waals surface area contributed by atoms with Crippen molar-refractivity contribution in [3.8, 4) is 0 Å². The van der Waals surface area contributed by atoms with Gasteiger partial charge >= 0.3 is 0 Å². The molecule has 0 radical (unpaired) electrons. The SMILES string of the molecule is C1=[SiH][SiH]=[SiH]1. The van der Waals surface area contributed by atoms with Crippen LogP contribution in [0.15, 0.2) is 0 Å². The quantitative estimate of drug-likeness (QED) is 0.306. The smallest absolute Gasteiger partial charge is 0.0106 e. The van der Waals surface area contributed by atoms with Gasteiger partial charge in [0.1, 0.15) is 0 Å². The summed E-state index contributed by atoms with van der Waals surface area (Å²) in [5.74, 6) is 0. The Morgan fingerprint density at radius 1 is 1.50 bits per heavy atom. The van der Waals surface area contributed by atoms with E-state index < -0.39 is 0 Å². The molecule has 20 valence electrons. The van der Waals surface area contributed by atoms with Crippen molar-refractivity contribution in [2.75, 3.05) is 0 Å². The predicted molar refractivity (Wildman–Crippen MR) is 27.5 cm³/mol. The number of rotatable bonds is 0. The van der Waals surface area contributed by atoms with Gasteiger partial charge in [-0.15, -0.1) is 5.30 Å². The standard InChI is InChI=1S/CH4Si3/c1-2-4-3-1/h1-4H. The Balaban J connectivity index is 2.67. The van der Waals surface area contributed by atoms with Crippen molar-refractivity contribution in [3.05, 3.63) is 0 Å². The summed E-state index contributed by atoms with van der Waals surface area (Å²) >= 11 is 0. The lowest BCUT2D eigenvalue weighted by molar-refractivity contribution is 3.80. The fourth-order valence-electron chi connectivity index (χ4n) is 0.111. The second kappa shape index (κ2) is 1.09. The Labute approximate surface area is 31.4 Å². The second-order valence-corrected chi connectivity index (χ2v) is 10.4. The molecule has 1 heterocycles. The minimum atomic E-state index is 0.958. The lowest BCUT2D eigenvalue weighted by Crippen LogP contribution is -2.06. The molecule has 0 atom stereocenters. The Morgan fingerprint density at radius 2 is 1.75 bits per heavy atom. The fraction of sp³-hybridized carbons (Fsp3) is 0. The van der Waals surface area contributed by atoms with Crippen LogP contribution in [0, 0.1) is 0 Å². The van der Waals surface area contributed by atoms with Gasteiger partial charge in [-0.2, -0.15) is 0 Å². The monoisotopic (exact) mass is 100.0 g/mol. The summed E-state index contributed by atoms with van der Waals surface area (Å²) in [5.41, 5.74) is 0. The second-order valence-electron chi connectivity index (χ2n) is 0.770. The predicted octanol–water partition coefficient (Wildman–Crippen LogP) is -2.10. The highest BCUT2D eigenvalue weighted by molar-refractivity contribution is 7.32. The molecule has 0 spiro atoms. The van der Waals surface area contributed by atoms with Gasteiger partial charge < -0.3 is 0 Å². The van der Waals surface area contributed by atoms with Crippen LogP contribution in [0.5, 0.6) is 0 Å². The van der Waals surface area contributed by atoms with E-state index in [2.05, 4.69) is 5.30 Å². The Bertz CT molecular complexity index is 43.7. The van der Waals surface area contributed by atoms with Crippen molar-refractivity contribution in [3.63, 3.8) is 0 Å². The summed E-state index contributed by atoms with van der Waals surface area (Å²) in [6.45, 7) is 0. The van der Waals surface area contributed by atoms with Crippen molar-refractivity contribution in [2.24, 2.45) is 0 Å². The maximum Gasteiger partial charge on any atom is -0.0106 e. The van der Waals surface area contributed by atoms with E-state index in [-0.39, 0.29) is 0 Å². The minimum absolute atomic E-state index is 0.958. The molecule has 1 rings (SSSR count). The molecule has 0 saturated carbocycles. The van der Waals surface area contributed by atoms with Gasteiger partial charge in [0.2, 0.25) is 0 Å². The summed E-state index contributed by atoms with van der Waals surface area (Å²) in [7, 11) is 2.99. The maximum absolute atomic E-state index is 2.51. The van der Waals surface area contributed by atoms with Gasteiger partial charge in [0.15, 0.2) is 0 Å². The normalized spacial score (nSPS) is 16.0. The molecule has 0 nitrogen and oxygen atoms in total. The van der Waals surface area contributed by atoms with Crippen LogP contribution in [0.4, 0.5) is 0 Å². The minimum Gasteiger partial charge on any atom is -0.106 e. The molecule has 0 amide bonds. The number of hydrogen-bond donors (Lipinski definition) is 0. The largest absolute Gasteiger partial charge is 0.106 e. The molecule has 0 saturated heterocycles. The summed E-state index contributed by atoms with van der Waals surface area (Å²) in [6.07, 6.45) is 0. The van der Waals surface area contributed by atoms with E-state index in [1.54, 1.807) is 0 Å². The van der Waals surface area contributed by atoms with Crippen LogP contribution < -0.4 is 0 Å². The topological polar surface area (TPSA) is 0 Å². The highest BCUT2D eigenvalue weighted by atomic mass is 29.4. The summed E-state index contributed by atoms with van der Waals surface area (Å²) in [5, 5.41) is 2.51. The van der Waals surface area contributed by atoms with Crippen LogP contribution >= 0.6 is 0 Å². The van der Waals surface area contributed by atoms with Crippen molar-refractivity contribution in [1.29, 1.82) is 0 Å². The average molecular weight is 100 g/mol. The van der Waals surface area contributed by atoms with Crippen molar-refractivity contribution in [2.45, 2.75) is 0 Å². The van der Waals surface area contributed by atoms with Gasteiger partial charge in [0.25, 0.3) is 0 Å². The van der Waals surface area contributed by atoms with Crippen LogP contribution in [0.1, 0.15) is 0 Å². The van der Waals surface area contributed by atoms with Crippen LogP contribution in [0.2, 0.25) is 0 Å². The third-order valence-electron chi connectivity index (χ3n) is 0.444. The highest BCUT2D eigenvalue weighted by Crippen LogP contribution is 1.35. The molecule has 0 aromatic carbocycles. The fourth-order valence-corrected chi connectivity index (χ4v) is 3.00. The van der Waals surface area contributed by atoms with Gasteiger partial charge in [0.05, 0.1) is 0 Å². The molecule has 3 heteroatoms. The molecule has 0 unspecified atom stereocenters. The molecular weight excluding hydrogens is 96.3 g/mol. The van der Waals surface area contributed by atoms with Crippen molar-refractivity contribution >= 4 is 30.7 Å². The molecule has 0 fully saturated rings. The molecule has 0 N–H and O–H groups in total. The first-order valence-electron chi connectivity index (χ1n) is 1.33. The zero-order valence-corrected chi connectivity index (χ0v) is 5.77. The molecule has 0 aromatic rings. The summed E-state index contributed by atoms with van der Waals surface area (Å²) < 4.78 is 0. The molecule has 0 aliphatic carbocycles. The molecular formula is CH4Si3. The lowest BCUT2D eigenvalue weighted by Gasteiger charge is -1.74. The van der Waals surface area contributed by atoms with Crippen LogP contribution in [-0.4, -0.2) is 30.7 Å². The summed E-state index contributed by atoms with van der Waals surface area (Å²) in [6, 6.07) is 0. The number of hydrogen-bond acceptors (Lipinski definition) is 0. The lowest BCUT2D eigenvalue weighted by atomic mass is 11.9. The van der Waals surface area contributed by atoms with Gasteiger partial charge in [-0.25, -0.2) is 0 Å². The first kappa shape index (κ1) is 2.74. The van der Waals surface area contributed by atoms with E-state index in [0.717, 1.165) is 25.4 Å². The maximum atomic E-state index is 2.51. The van der Waals surface area contributed by atoms with E-state index in [9.17, 15) is 0 Å². The molecule has 1 aliphatic rings. The first-order valence-corrected chi connectivity index (χ1v) is 8.00. The van der Waals surface area contributed by atoms with Gasteiger partial charge in [-0.1, -0.05) is 0 Å². The van der Waals surface area contributed by atoms with Gasteiger partial charge in [-0.3, -0.25) is 0 Å². The van der Waals surface area contributed by atoms with Crippen molar-refractivity contribution in [1.82, 2.24) is 0 Å². The van der Waals surface area contributed by atoms with Crippen LogP contribution in [0.3, 0.4) is 0 Å². The van der Waals surface area contributed by atoms with E-state index in [1.165, 1.54) is 0 Å². The van der Waals surface area contributed by atoms with Crippen molar-refractivity contribution < 1.29 is 0 Å². The Hall–Kier alpha value is 0.521. The third kappa shape index (κ3) is 0.285. The van der Waals surface area contributed by atoms with E-state index in [4.69, 9.17) is 0 Å². The first-order chi connectivity index (χ1) is 2.00. The summed E-state index contributed by atoms with van der Waals surface area (Å²) in [4.78, 5) is 0. The van der Waals surface area contributed by atoms with E-state index in [1.807, 2.05) is 0 Å². The molecule has 1 aliphatic heterocycles. The van der Waals surface area contributed by atoms with E-state index in [0.29, 0.717) is 0 Å². The van der Waals surface area contributed by atoms with Gasteiger partial charge in [-0.05, 0) is 25.4 Å². The van der Waals surface area contributed by atoms with Crippen LogP contribution in [-0.2, 0) is 0 Å². The van der Waals surface area contributed by atoms with E-state index >= 15 is 0 Å². The molecule has 0 bridgehead atoms. The zero-order valence-electron chi connectivity index (χ0n) is 2.31. The zero-order chi connectivity index (χ0) is 2.83.